The lowest BCUT2D eigenvalue weighted by Gasteiger charge is -2.48. The first-order valence-corrected chi connectivity index (χ1v) is 10.3. The van der Waals surface area contributed by atoms with Crippen molar-refractivity contribution < 1.29 is 22.9 Å². The lowest BCUT2D eigenvalue weighted by Crippen LogP contribution is -2.57. The van der Waals surface area contributed by atoms with Gasteiger partial charge in [-0.3, -0.25) is 14.9 Å². The Balaban J connectivity index is 1.64. The average Bonchev–Trinajstić information content (AvgIpc) is 2.60. The third-order valence-corrected chi connectivity index (χ3v) is 6.76. The topological polar surface area (TPSA) is 110 Å². The van der Waals surface area contributed by atoms with Crippen LogP contribution in [0.4, 0.5) is 11.4 Å². The molecule has 0 spiro atoms. The summed E-state index contributed by atoms with van der Waals surface area (Å²) in [6, 6.07) is 4.22. The Hall–Kier alpha value is -2.20. The number of morpholine rings is 1. The van der Waals surface area contributed by atoms with Gasteiger partial charge in [0.25, 0.3) is 11.6 Å². The van der Waals surface area contributed by atoms with Gasteiger partial charge in [-0.1, -0.05) is 0 Å². The van der Waals surface area contributed by atoms with Gasteiger partial charge in [0.1, 0.15) is 0 Å². The third kappa shape index (κ3) is 3.14. The number of anilines is 1. The van der Waals surface area contributed by atoms with E-state index in [1.165, 1.54) is 23.1 Å². The van der Waals surface area contributed by atoms with Crippen molar-refractivity contribution in [3.63, 3.8) is 0 Å². The van der Waals surface area contributed by atoms with Gasteiger partial charge in [-0.2, -0.15) is 0 Å². The highest BCUT2D eigenvalue weighted by Gasteiger charge is 2.40. The summed E-state index contributed by atoms with van der Waals surface area (Å²) in [6.07, 6.45) is 1.16. The number of rotatable bonds is 3. The van der Waals surface area contributed by atoms with Gasteiger partial charge in [-0.05, 0) is 6.07 Å². The monoisotopic (exact) mass is 381 g/mol. The summed E-state index contributed by atoms with van der Waals surface area (Å²) in [6.45, 7) is 1.47. The van der Waals surface area contributed by atoms with E-state index >= 15 is 0 Å². The van der Waals surface area contributed by atoms with E-state index in [0.29, 0.717) is 24.3 Å². The fourth-order valence-corrected chi connectivity index (χ4v) is 4.92. The molecule has 26 heavy (non-hydrogen) atoms. The van der Waals surface area contributed by atoms with E-state index in [1.807, 2.05) is 4.90 Å². The van der Waals surface area contributed by atoms with E-state index in [9.17, 15) is 23.3 Å². The van der Waals surface area contributed by atoms with Crippen molar-refractivity contribution >= 4 is 27.1 Å². The molecule has 1 amide bonds. The zero-order valence-electron chi connectivity index (χ0n) is 14.0. The summed E-state index contributed by atoms with van der Waals surface area (Å²) in [5.41, 5.74) is 0.824. The Morgan fingerprint density at radius 2 is 1.81 bits per heavy atom. The van der Waals surface area contributed by atoms with Crippen LogP contribution in [0.15, 0.2) is 18.2 Å². The smallest absolute Gasteiger partial charge is 0.271 e. The Bertz CT molecular complexity index is 841. The van der Waals surface area contributed by atoms with E-state index in [1.54, 1.807) is 0 Å². The van der Waals surface area contributed by atoms with Crippen LogP contribution in [0, 0.1) is 10.1 Å². The maximum atomic E-state index is 13.0. The molecule has 1 aromatic carbocycles. The predicted molar refractivity (Wildman–Crippen MR) is 93.1 cm³/mol. The number of hydrogen-bond donors (Lipinski definition) is 0. The first-order valence-electron chi connectivity index (χ1n) is 8.51. The predicted octanol–water partition coefficient (Wildman–Crippen LogP) is 0.443. The standard InChI is InChI=1S/C16H19N3O6S/c20-16(17-3-5-26(23,24)6-4-17)14-2-1-11(19(21)22)7-15(14)18-9-12-8-13(10-18)25-12/h1-2,7,12-13H,3-6,8-10H2. The Labute approximate surface area is 150 Å². The zero-order chi connectivity index (χ0) is 18.5. The molecule has 4 fully saturated rings. The molecule has 10 heteroatoms. The van der Waals surface area contributed by atoms with Crippen LogP contribution >= 0.6 is 0 Å². The van der Waals surface area contributed by atoms with Crippen molar-refractivity contribution in [3.8, 4) is 0 Å². The van der Waals surface area contributed by atoms with Crippen molar-refractivity contribution in [3.05, 3.63) is 33.9 Å². The van der Waals surface area contributed by atoms with Gasteiger partial charge < -0.3 is 14.5 Å². The fraction of sp³-hybridized carbons (Fsp3) is 0.562. The minimum Gasteiger partial charge on any atom is -0.371 e. The van der Waals surface area contributed by atoms with Crippen LogP contribution < -0.4 is 4.90 Å². The van der Waals surface area contributed by atoms with E-state index in [-0.39, 0.29) is 48.4 Å². The second-order valence-electron chi connectivity index (χ2n) is 6.92. The van der Waals surface area contributed by atoms with E-state index in [2.05, 4.69) is 0 Å². The molecule has 2 bridgehead atoms. The highest BCUT2D eigenvalue weighted by molar-refractivity contribution is 7.91. The van der Waals surface area contributed by atoms with E-state index < -0.39 is 14.8 Å². The second kappa shape index (κ2) is 6.20. The highest BCUT2D eigenvalue weighted by Crippen LogP contribution is 2.35. The van der Waals surface area contributed by atoms with Crippen molar-refractivity contribution in [2.24, 2.45) is 0 Å². The maximum Gasteiger partial charge on any atom is 0.271 e. The molecule has 5 rings (SSSR count). The number of piperidine rings is 1. The first kappa shape index (κ1) is 17.2. The summed E-state index contributed by atoms with van der Waals surface area (Å²) in [5.74, 6) is -0.393. The second-order valence-corrected chi connectivity index (χ2v) is 9.23. The van der Waals surface area contributed by atoms with Crippen molar-refractivity contribution in [2.45, 2.75) is 18.6 Å². The molecule has 0 saturated carbocycles. The zero-order valence-corrected chi connectivity index (χ0v) is 14.9. The van der Waals surface area contributed by atoms with E-state index in [0.717, 1.165) is 6.42 Å². The summed E-state index contributed by atoms with van der Waals surface area (Å²) >= 11 is 0. The number of carbonyl (C=O) groups excluding carboxylic acids is 1. The quantitative estimate of drug-likeness (QED) is 0.552. The average molecular weight is 381 g/mol. The third-order valence-electron chi connectivity index (χ3n) is 5.15. The molecule has 0 aliphatic carbocycles. The van der Waals surface area contributed by atoms with Crippen LogP contribution in [0.5, 0.6) is 0 Å². The minimum absolute atomic E-state index is 0.0528. The molecule has 9 nitrogen and oxygen atoms in total. The lowest BCUT2D eigenvalue weighted by molar-refractivity contribution is -0.384. The molecule has 4 aliphatic heterocycles. The minimum atomic E-state index is -3.09. The normalized spacial score (nSPS) is 26.9. The SMILES string of the molecule is O=C(c1ccc([N+](=O)[O-])cc1N1CC2CC(C1)O2)N1CCS(=O)(=O)CC1. The largest absolute Gasteiger partial charge is 0.371 e. The number of ether oxygens (including phenoxy) is 1. The summed E-state index contributed by atoms with van der Waals surface area (Å²) < 4.78 is 28.8. The molecule has 1 aromatic rings. The number of sulfone groups is 1. The van der Waals surface area contributed by atoms with Gasteiger partial charge in [-0.25, -0.2) is 8.42 Å². The van der Waals surface area contributed by atoms with Crippen LogP contribution in [0.25, 0.3) is 0 Å². The number of benzene rings is 1. The molecule has 2 atom stereocenters. The summed E-state index contributed by atoms with van der Waals surface area (Å²) in [4.78, 5) is 27.1. The van der Waals surface area contributed by atoms with Crippen LogP contribution in [-0.4, -0.2) is 74.0 Å². The van der Waals surface area contributed by atoms with Crippen LogP contribution in [0.1, 0.15) is 16.8 Å². The lowest BCUT2D eigenvalue weighted by atomic mass is 9.97. The molecule has 4 aliphatic rings. The van der Waals surface area contributed by atoms with Crippen molar-refractivity contribution in [2.75, 3.05) is 42.6 Å². The van der Waals surface area contributed by atoms with Crippen molar-refractivity contribution in [1.29, 1.82) is 0 Å². The van der Waals surface area contributed by atoms with Crippen LogP contribution in [-0.2, 0) is 14.6 Å². The number of nitro groups is 1. The molecule has 0 N–H and O–H groups in total. The molecule has 140 valence electrons. The number of non-ortho nitro benzene ring substituents is 1. The van der Waals surface area contributed by atoms with Gasteiger partial charge in [0, 0.05) is 44.7 Å². The van der Waals surface area contributed by atoms with E-state index in [4.69, 9.17) is 4.74 Å². The molecule has 0 radical (unpaired) electrons. The Morgan fingerprint density at radius 1 is 1.19 bits per heavy atom. The molecular formula is C16H19N3O6S. The molecule has 4 heterocycles. The van der Waals surface area contributed by atoms with Gasteiger partial charge >= 0.3 is 0 Å². The first-order chi connectivity index (χ1) is 12.3. The number of nitro benzene ring substituents is 1. The Morgan fingerprint density at radius 3 is 2.38 bits per heavy atom. The Kier molecular flexibility index (Phi) is 4.11. The van der Waals surface area contributed by atoms with Crippen molar-refractivity contribution in [1.82, 2.24) is 4.90 Å². The van der Waals surface area contributed by atoms with Gasteiger partial charge in [0.05, 0.1) is 39.9 Å². The molecule has 4 saturated heterocycles. The number of nitrogens with zero attached hydrogens (tertiary/aromatic N) is 3. The molecule has 0 aromatic heterocycles. The number of fused-ring (bicyclic) bond motifs is 2. The maximum absolute atomic E-state index is 13.0. The summed E-state index contributed by atoms with van der Waals surface area (Å²) in [7, 11) is -3.09. The van der Waals surface area contributed by atoms with Gasteiger partial charge in [0.15, 0.2) is 9.84 Å². The highest BCUT2D eigenvalue weighted by atomic mass is 32.2. The number of amides is 1. The molecular weight excluding hydrogens is 362 g/mol. The van der Waals surface area contributed by atoms with Gasteiger partial charge in [-0.15, -0.1) is 0 Å². The van der Waals surface area contributed by atoms with Gasteiger partial charge in [0.2, 0.25) is 0 Å². The molecule has 2 unspecified atom stereocenters. The van der Waals surface area contributed by atoms with Crippen LogP contribution in [0.2, 0.25) is 0 Å². The number of carbonyl (C=O) groups is 1. The number of hydrogen-bond acceptors (Lipinski definition) is 7. The fourth-order valence-electron chi connectivity index (χ4n) is 3.71. The summed E-state index contributed by atoms with van der Waals surface area (Å²) in [5, 5.41) is 11.2. The van der Waals surface area contributed by atoms with Crippen LogP contribution in [0.3, 0.4) is 0 Å².